The van der Waals surface area contributed by atoms with E-state index in [2.05, 4.69) is 41.5 Å². The highest BCUT2D eigenvalue weighted by Gasteiger charge is 2.48. The lowest BCUT2D eigenvalue weighted by molar-refractivity contribution is -0.148. The molecule has 0 radical (unpaired) electrons. The number of hydrogen-bond acceptors (Lipinski definition) is 3. The topological polar surface area (TPSA) is 65.7 Å². The number of carbonyl (C=O) groups is 1. The zero-order valence-electron chi connectivity index (χ0n) is 21.7. The summed E-state index contributed by atoms with van der Waals surface area (Å²) in [5.41, 5.74) is 0.160. The summed E-state index contributed by atoms with van der Waals surface area (Å²) in [6.07, 6.45) is 12.3. The first-order valence-corrected chi connectivity index (χ1v) is 12.9. The van der Waals surface area contributed by atoms with Crippen molar-refractivity contribution < 1.29 is 15.0 Å². The number of unbranched alkanes of at least 4 members (excludes halogenated alkanes) is 6. The third-order valence-corrected chi connectivity index (χ3v) is 7.47. The van der Waals surface area contributed by atoms with Crippen LogP contribution in [0.1, 0.15) is 137 Å². The number of piperidine rings is 1. The largest absolute Gasteiger partial charge is 0.494 e. The molecule has 0 saturated carbocycles. The molecule has 0 spiro atoms. The number of hydrogen-bond donors (Lipinski definition) is 2. The highest BCUT2D eigenvalue weighted by atomic mass is 16.3. The van der Waals surface area contributed by atoms with Crippen LogP contribution < -0.4 is 0 Å². The second kappa shape index (κ2) is 11.0. The Morgan fingerprint density at radius 1 is 1.00 bits per heavy atom. The van der Waals surface area contributed by atoms with Gasteiger partial charge in [0.05, 0.1) is 0 Å². The van der Waals surface area contributed by atoms with Crippen molar-refractivity contribution in [3.8, 4) is 11.8 Å². The fourth-order valence-corrected chi connectivity index (χ4v) is 6.37. The first-order chi connectivity index (χ1) is 15.0. The molecule has 1 aliphatic heterocycles. The van der Waals surface area contributed by atoms with Crippen molar-refractivity contribution in [1.82, 2.24) is 9.47 Å². The molecule has 1 unspecified atom stereocenters. The molecule has 5 nitrogen and oxygen atoms in total. The summed E-state index contributed by atoms with van der Waals surface area (Å²) in [4.78, 5) is 14.3. The van der Waals surface area contributed by atoms with E-state index in [4.69, 9.17) is 0 Å². The Bertz CT molecular complexity index is 732. The highest BCUT2D eigenvalue weighted by molar-refractivity contribution is 5.75. The molecule has 0 aliphatic carbocycles. The molecule has 32 heavy (non-hydrogen) atoms. The van der Waals surface area contributed by atoms with Crippen LogP contribution in [-0.4, -0.2) is 36.7 Å². The average molecular weight is 449 g/mol. The normalized spacial score (nSPS) is 19.3. The van der Waals surface area contributed by atoms with Crippen LogP contribution in [0.2, 0.25) is 0 Å². The SMILES string of the molecule is CCCCCCCCCC(CC)c1cc(O)n(C2CC(C)(C)N(C(C)=O)C(C)(C)C2)c1O. The first-order valence-electron chi connectivity index (χ1n) is 12.9. The molecular weight excluding hydrogens is 400 g/mol. The van der Waals surface area contributed by atoms with E-state index < -0.39 is 0 Å². The molecule has 1 aromatic heterocycles. The van der Waals surface area contributed by atoms with Crippen LogP contribution in [0.4, 0.5) is 0 Å². The van der Waals surface area contributed by atoms with E-state index in [-0.39, 0.29) is 40.7 Å². The van der Waals surface area contributed by atoms with Crippen LogP contribution >= 0.6 is 0 Å². The molecule has 184 valence electrons. The molecule has 1 saturated heterocycles. The fraction of sp³-hybridized carbons (Fsp3) is 0.815. The number of rotatable bonds is 11. The third kappa shape index (κ3) is 6.02. The number of aromatic nitrogens is 1. The van der Waals surface area contributed by atoms with Gasteiger partial charge < -0.3 is 15.1 Å². The minimum Gasteiger partial charge on any atom is -0.494 e. The Morgan fingerprint density at radius 3 is 2.03 bits per heavy atom. The van der Waals surface area contributed by atoms with Crippen LogP contribution in [-0.2, 0) is 4.79 Å². The third-order valence-electron chi connectivity index (χ3n) is 7.47. The second-order valence-electron chi connectivity index (χ2n) is 11.2. The van der Waals surface area contributed by atoms with Crippen molar-refractivity contribution in [3.63, 3.8) is 0 Å². The van der Waals surface area contributed by atoms with Gasteiger partial charge in [-0.25, -0.2) is 0 Å². The predicted octanol–water partition coefficient (Wildman–Crippen LogP) is 7.27. The van der Waals surface area contributed by atoms with E-state index in [0.29, 0.717) is 12.8 Å². The molecule has 2 heterocycles. The summed E-state index contributed by atoms with van der Waals surface area (Å²) in [7, 11) is 0. The minimum absolute atomic E-state index is 0.0552. The van der Waals surface area contributed by atoms with E-state index in [1.807, 2.05) is 4.90 Å². The lowest BCUT2D eigenvalue weighted by atomic mass is 9.76. The summed E-state index contributed by atoms with van der Waals surface area (Å²) in [6.45, 7) is 14.4. The molecule has 1 atom stereocenters. The standard InChI is InChI=1S/C27H48N2O3/c1-8-10-11-12-13-14-15-16-21(9-2)23-17-24(31)28(25(23)32)22-18-26(4,5)29(20(3)30)27(6,7)19-22/h17,21-22,31-32H,8-16,18-19H2,1-7H3. The van der Waals surface area contributed by atoms with Gasteiger partial charge in [-0.2, -0.15) is 0 Å². The molecular formula is C27H48N2O3. The lowest BCUT2D eigenvalue weighted by Crippen LogP contribution is -2.62. The van der Waals surface area contributed by atoms with Crippen LogP contribution in [0.25, 0.3) is 0 Å². The molecule has 5 heteroatoms. The van der Waals surface area contributed by atoms with Gasteiger partial charge in [0, 0.05) is 35.7 Å². The van der Waals surface area contributed by atoms with Crippen LogP contribution in [0.15, 0.2) is 6.07 Å². The summed E-state index contributed by atoms with van der Waals surface area (Å²) in [5, 5.41) is 22.0. The minimum atomic E-state index is -0.358. The van der Waals surface area contributed by atoms with Crippen molar-refractivity contribution in [3.05, 3.63) is 11.6 Å². The van der Waals surface area contributed by atoms with E-state index in [0.717, 1.165) is 24.8 Å². The number of likely N-dealkylation sites (tertiary alicyclic amines) is 1. The average Bonchev–Trinajstić information content (AvgIpc) is 2.95. The van der Waals surface area contributed by atoms with Crippen LogP contribution in [0, 0.1) is 0 Å². The first kappa shape index (κ1) is 26.6. The van der Waals surface area contributed by atoms with Crippen LogP contribution in [0.3, 0.4) is 0 Å². The quantitative estimate of drug-likeness (QED) is 0.350. The van der Waals surface area contributed by atoms with Gasteiger partial charge >= 0.3 is 0 Å². The van der Waals surface area contributed by atoms with Gasteiger partial charge in [-0.3, -0.25) is 9.36 Å². The van der Waals surface area contributed by atoms with Crippen molar-refractivity contribution in [1.29, 1.82) is 0 Å². The second-order valence-corrected chi connectivity index (χ2v) is 11.2. The maximum absolute atomic E-state index is 12.4. The summed E-state index contributed by atoms with van der Waals surface area (Å²) in [5.74, 6) is 0.686. The Labute approximate surface area is 196 Å². The Kier molecular flexibility index (Phi) is 9.13. The van der Waals surface area contributed by atoms with Gasteiger partial charge in [0.1, 0.15) is 0 Å². The highest BCUT2D eigenvalue weighted by Crippen LogP contribution is 2.48. The van der Waals surface area contributed by atoms with Gasteiger partial charge in [0.25, 0.3) is 0 Å². The maximum atomic E-state index is 12.4. The number of amides is 1. The van der Waals surface area contributed by atoms with Gasteiger partial charge in [-0.05, 0) is 59.3 Å². The van der Waals surface area contributed by atoms with Crippen molar-refractivity contribution in [2.24, 2.45) is 0 Å². The summed E-state index contributed by atoms with van der Waals surface area (Å²) in [6, 6.07) is 1.72. The molecule has 1 fully saturated rings. The summed E-state index contributed by atoms with van der Waals surface area (Å²) >= 11 is 0. The smallest absolute Gasteiger partial charge is 0.220 e. The predicted molar refractivity (Wildman–Crippen MR) is 132 cm³/mol. The zero-order valence-corrected chi connectivity index (χ0v) is 21.7. The Hall–Kier alpha value is -1.65. The number of aromatic hydroxyl groups is 2. The number of carbonyl (C=O) groups excluding carboxylic acids is 1. The van der Waals surface area contributed by atoms with E-state index in [9.17, 15) is 15.0 Å². The molecule has 2 N–H and O–H groups in total. The van der Waals surface area contributed by atoms with E-state index >= 15 is 0 Å². The van der Waals surface area contributed by atoms with Gasteiger partial charge in [0.2, 0.25) is 5.91 Å². The van der Waals surface area contributed by atoms with Gasteiger partial charge in [-0.15, -0.1) is 0 Å². The Morgan fingerprint density at radius 2 is 1.53 bits per heavy atom. The van der Waals surface area contributed by atoms with Crippen LogP contribution in [0.5, 0.6) is 11.8 Å². The molecule has 1 amide bonds. The van der Waals surface area contributed by atoms with Crippen molar-refractivity contribution in [2.45, 2.75) is 142 Å². The van der Waals surface area contributed by atoms with E-state index in [1.165, 1.54) is 38.5 Å². The zero-order chi connectivity index (χ0) is 24.1. The fourth-order valence-electron chi connectivity index (χ4n) is 6.37. The monoisotopic (exact) mass is 448 g/mol. The Balaban J connectivity index is 2.14. The molecule has 2 rings (SSSR count). The molecule has 0 bridgehead atoms. The van der Waals surface area contributed by atoms with Crippen molar-refractivity contribution >= 4 is 5.91 Å². The van der Waals surface area contributed by atoms with Gasteiger partial charge in [0.15, 0.2) is 11.8 Å². The maximum Gasteiger partial charge on any atom is 0.220 e. The van der Waals surface area contributed by atoms with E-state index in [1.54, 1.807) is 17.6 Å². The van der Waals surface area contributed by atoms with Crippen molar-refractivity contribution in [2.75, 3.05) is 0 Å². The molecule has 1 aromatic rings. The lowest BCUT2D eigenvalue weighted by Gasteiger charge is -2.55. The molecule has 1 aliphatic rings. The summed E-state index contributed by atoms with van der Waals surface area (Å²) < 4.78 is 1.73. The number of nitrogens with zero attached hydrogens (tertiary/aromatic N) is 2. The van der Waals surface area contributed by atoms with Gasteiger partial charge in [-0.1, -0.05) is 58.8 Å². The molecule has 0 aromatic carbocycles.